The van der Waals surface area contributed by atoms with E-state index in [1.54, 1.807) is 12.1 Å². The highest BCUT2D eigenvalue weighted by Gasteiger charge is 2.61. The normalized spacial score (nSPS) is 21.1. The van der Waals surface area contributed by atoms with Gasteiger partial charge in [-0.15, -0.1) is 0 Å². The molecule has 2 atom stereocenters. The second kappa shape index (κ2) is 11.8. The van der Waals surface area contributed by atoms with Crippen molar-refractivity contribution in [2.45, 2.75) is 37.5 Å². The molecule has 9 heteroatoms. The topological polar surface area (TPSA) is 119 Å². The van der Waals surface area contributed by atoms with Gasteiger partial charge in [0.05, 0.1) is 24.5 Å². The first-order chi connectivity index (χ1) is 20.9. The number of amides is 3. The molecule has 1 fully saturated rings. The molecule has 0 spiro atoms. The molecule has 3 aliphatic carbocycles. The van der Waals surface area contributed by atoms with Crippen LogP contribution in [0.4, 0.5) is 5.69 Å². The number of hydrogen-bond acceptors (Lipinski definition) is 7. The number of ether oxygens (including phenoxy) is 2. The average molecular weight is 581 g/mol. The zero-order valence-corrected chi connectivity index (χ0v) is 23.8. The summed E-state index contributed by atoms with van der Waals surface area (Å²) in [6, 6.07) is 22.5. The zero-order valence-electron chi connectivity index (χ0n) is 23.8. The maximum Gasteiger partial charge on any atom is 0.337 e. The number of esters is 2. The van der Waals surface area contributed by atoms with Crippen molar-refractivity contribution >= 4 is 35.3 Å². The lowest BCUT2D eigenvalue weighted by atomic mass is 9.55. The highest BCUT2D eigenvalue weighted by atomic mass is 16.5. The number of likely N-dealkylation sites (tertiary alicyclic amines) is 1. The lowest BCUT2D eigenvalue weighted by Gasteiger charge is -2.45. The van der Waals surface area contributed by atoms with Gasteiger partial charge in [0.25, 0.3) is 5.91 Å². The molecule has 4 aliphatic rings. The molecule has 0 unspecified atom stereocenters. The predicted octanol–water partition coefficient (Wildman–Crippen LogP) is 4.41. The summed E-state index contributed by atoms with van der Waals surface area (Å²) >= 11 is 0. The quantitative estimate of drug-likeness (QED) is 0.214. The van der Waals surface area contributed by atoms with E-state index in [1.165, 1.54) is 24.1 Å². The van der Waals surface area contributed by atoms with Crippen molar-refractivity contribution in [2.75, 3.05) is 25.6 Å². The van der Waals surface area contributed by atoms with Crippen molar-refractivity contribution in [1.82, 2.24) is 4.90 Å². The van der Waals surface area contributed by atoms with E-state index < -0.39 is 24.5 Å². The monoisotopic (exact) mass is 580 g/mol. The van der Waals surface area contributed by atoms with Crippen molar-refractivity contribution < 1.29 is 33.4 Å². The molecule has 220 valence electrons. The maximum atomic E-state index is 13.6. The Morgan fingerprint density at radius 2 is 1.28 bits per heavy atom. The van der Waals surface area contributed by atoms with Crippen LogP contribution in [0.1, 0.15) is 70.1 Å². The van der Waals surface area contributed by atoms with Crippen molar-refractivity contribution in [3.63, 3.8) is 0 Å². The Bertz CT molecular complexity index is 1480. The third-order valence-electron chi connectivity index (χ3n) is 8.76. The van der Waals surface area contributed by atoms with E-state index in [1.807, 2.05) is 24.3 Å². The summed E-state index contributed by atoms with van der Waals surface area (Å²) in [5, 5.41) is 2.60. The molecule has 1 N–H and O–H groups in total. The molecule has 43 heavy (non-hydrogen) atoms. The average Bonchev–Trinajstić information content (AvgIpc) is 3.29. The van der Waals surface area contributed by atoms with Crippen molar-refractivity contribution in [2.24, 2.45) is 11.8 Å². The standard InChI is InChI=1S/C34H32N2O7/c1-42-34(41)20-14-16-21(17-15-20)35-26(37)19-43-27(38)13-3-2-8-18-36-32(39)30-28-22-9-4-5-10-23(22)29(31(30)33(36)40)25-12-7-6-11-24(25)28/h4-7,9-12,14-17,28-31H,2-3,8,13,18-19H2,1H3,(H,35,37)/t28?,29?,30-,31-/m0/s1. The van der Waals surface area contributed by atoms with Crippen molar-refractivity contribution in [3.05, 3.63) is 101 Å². The number of nitrogens with one attached hydrogen (secondary N) is 1. The van der Waals surface area contributed by atoms with E-state index in [4.69, 9.17) is 4.74 Å². The van der Waals surface area contributed by atoms with Crippen molar-refractivity contribution in [1.29, 1.82) is 0 Å². The smallest absolute Gasteiger partial charge is 0.337 e. The van der Waals surface area contributed by atoms with Crippen LogP contribution in [0.3, 0.4) is 0 Å². The van der Waals surface area contributed by atoms with E-state index in [2.05, 4.69) is 34.3 Å². The first-order valence-electron chi connectivity index (χ1n) is 14.6. The Kier molecular flexibility index (Phi) is 7.80. The summed E-state index contributed by atoms with van der Waals surface area (Å²) in [5.74, 6) is -2.66. The second-order valence-corrected chi connectivity index (χ2v) is 11.2. The molecule has 0 radical (unpaired) electrons. The molecule has 0 aromatic heterocycles. The van der Waals surface area contributed by atoms with Gasteiger partial charge >= 0.3 is 11.9 Å². The summed E-state index contributed by atoms with van der Waals surface area (Å²) in [7, 11) is 1.29. The Morgan fingerprint density at radius 1 is 0.744 bits per heavy atom. The van der Waals surface area contributed by atoms with Crippen LogP contribution < -0.4 is 5.32 Å². The van der Waals surface area contributed by atoms with E-state index in [0.717, 1.165) is 22.3 Å². The van der Waals surface area contributed by atoms with Gasteiger partial charge in [0, 0.05) is 30.5 Å². The van der Waals surface area contributed by atoms with Gasteiger partial charge in [-0.05, 0) is 59.4 Å². The molecule has 3 aromatic rings. The van der Waals surface area contributed by atoms with Crippen LogP contribution in [0.15, 0.2) is 72.8 Å². The molecule has 1 heterocycles. The van der Waals surface area contributed by atoms with Gasteiger partial charge in [0.1, 0.15) is 0 Å². The van der Waals surface area contributed by atoms with Crippen LogP contribution in [-0.2, 0) is 28.7 Å². The summed E-state index contributed by atoms with van der Waals surface area (Å²) in [4.78, 5) is 64.5. The molecular weight excluding hydrogens is 548 g/mol. The van der Waals surface area contributed by atoms with Gasteiger partial charge in [-0.3, -0.25) is 24.1 Å². The minimum Gasteiger partial charge on any atom is -0.465 e. The Hall–Kier alpha value is -4.79. The van der Waals surface area contributed by atoms with Crippen molar-refractivity contribution in [3.8, 4) is 0 Å². The number of methoxy groups -OCH3 is 1. The molecule has 3 aromatic carbocycles. The molecule has 9 nitrogen and oxygen atoms in total. The predicted molar refractivity (Wildman–Crippen MR) is 156 cm³/mol. The minimum atomic E-state index is -0.498. The van der Waals surface area contributed by atoms with Crippen LogP contribution in [0.25, 0.3) is 0 Å². The molecule has 1 aliphatic heterocycles. The lowest BCUT2D eigenvalue weighted by Crippen LogP contribution is -2.41. The first kappa shape index (κ1) is 28.3. The summed E-state index contributed by atoms with van der Waals surface area (Å²) in [6.45, 7) is -0.104. The fourth-order valence-corrected chi connectivity index (χ4v) is 6.90. The molecule has 7 rings (SSSR count). The van der Waals surface area contributed by atoms with E-state index in [0.29, 0.717) is 37.1 Å². The number of rotatable bonds is 10. The number of carbonyl (C=O) groups excluding carboxylic acids is 5. The van der Waals surface area contributed by atoms with E-state index in [-0.39, 0.29) is 41.9 Å². The SMILES string of the molecule is COC(=O)c1ccc(NC(=O)COC(=O)CCCCCN2C(=O)[C@H]3C4c5ccccc5C(c5ccccc54)[C@@H]3C2=O)cc1. The number of benzene rings is 3. The number of imide groups is 1. The molecule has 1 saturated heterocycles. The minimum absolute atomic E-state index is 0.0978. The number of unbranched alkanes of at least 4 members (excludes halogenated alkanes) is 2. The third-order valence-corrected chi connectivity index (χ3v) is 8.76. The van der Waals surface area contributed by atoms with Gasteiger partial charge < -0.3 is 14.8 Å². The summed E-state index contributed by atoms with van der Waals surface area (Å²) in [5.41, 5.74) is 5.42. The Morgan fingerprint density at radius 3 is 1.79 bits per heavy atom. The fraction of sp³-hybridized carbons (Fsp3) is 0.324. The second-order valence-electron chi connectivity index (χ2n) is 11.2. The highest BCUT2D eigenvalue weighted by molar-refractivity contribution is 6.07. The maximum absolute atomic E-state index is 13.6. The molecule has 0 saturated carbocycles. The van der Waals surface area contributed by atoms with E-state index in [9.17, 15) is 24.0 Å². The van der Waals surface area contributed by atoms with E-state index >= 15 is 0 Å². The molecule has 2 bridgehead atoms. The van der Waals surface area contributed by atoms with Crippen LogP contribution in [0.5, 0.6) is 0 Å². The van der Waals surface area contributed by atoms with Gasteiger partial charge in [0.2, 0.25) is 11.8 Å². The van der Waals surface area contributed by atoms with Crippen LogP contribution in [0, 0.1) is 11.8 Å². The third kappa shape index (κ3) is 5.20. The fourth-order valence-electron chi connectivity index (χ4n) is 6.90. The highest BCUT2D eigenvalue weighted by Crippen LogP contribution is 2.60. The largest absolute Gasteiger partial charge is 0.465 e. The van der Waals surface area contributed by atoms with Gasteiger partial charge in [0.15, 0.2) is 6.61 Å². The first-order valence-corrected chi connectivity index (χ1v) is 14.6. The number of hydrogen-bond donors (Lipinski definition) is 1. The lowest BCUT2D eigenvalue weighted by molar-refractivity contribution is -0.147. The zero-order chi connectivity index (χ0) is 30.1. The molecular formula is C34H32N2O7. The number of nitrogens with zero attached hydrogens (tertiary/aromatic N) is 1. The number of anilines is 1. The van der Waals surface area contributed by atoms with Crippen LogP contribution in [0.2, 0.25) is 0 Å². The Labute approximate surface area is 249 Å². The van der Waals surface area contributed by atoms with Crippen LogP contribution in [-0.4, -0.2) is 54.8 Å². The summed E-state index contributed by atoms with van der Waals surface area (Å²) in [6.07, 6.45) is 1.86. The molecule has 3 amide bonds. The van der Waals surface area contributed by atoms with Crippen LogP contribution >= 0.6 is 0 Å². The number of carbonyl (C=O) groups is 5. The van der Waals surface area contributed by atoms with Gasteiger partial charge in [-0.2, -0.15) is 0 Å². The summed E-state index contributed by atoms with van der Waals surface area (Å²) < 4.78 is 9.72. The van der Waals surface area contributed by atoms with Gasteiger partial charge in [-0.25, -0.2) is 4.79 Å². The Balaban J connectivity index is 0.967. The van der Waals surface area contributed by atoms with Gasteiger partial charge in [-0.1, -0.05) is 55.0 Å².